The van der Waals surface area contributed by atoms with E-state index in [9.17, 15) is 23.2 Å². The summed E-state index contributed by atoms with van der Waals surface area (Å²) in [6, 6.07) is 11.4. The van der Waals surface area contributed by atoms with E-state index in [1.54, 1.807) is 0 Å². The first-order valence-corrected chi connectivity index (χ1v) is 10.8. The van der Waals surface area contributed by atoms with Gasteiger partial charge >= 0.3 is 0 Å². The summed E-state index contributed by atoms with van der Waals surface area (Å²) in [4.78, 5) is 0. The molecule has 0 aliphatic heterocycles. The Bertz CT molecular complexity index is 1180. The third kappa shape index (κ3) is 3.65. The molecule has 3 aromatic carbocycles. The summed E-state index contributed by atoms with van der Waals surface area (Å²) >= 11 is 24.7. The van der Waals surface area contributed by atoms with E-state index in [0.717, 1.165) is 12.1 Å². The van der Waals surface area contributed by atoms with Gasteiger partial charge < -0.3 is 10.2 Å². The van der Waals surface area contributed by atoms with E-state index in [4.69, 9.17) is 46.4 Å². The first-order chi connectivity index (χ1) is 13.5. The van der Waals surface area contributed by atoms with Crippen LogP contribution in [0, 0.1) is 0 Å². The van der Waals surface area contributed by atoms with Gasteiger partial charge in [-0.1, -0.05) is 64.6 Å². The van der Waals surface area contributed by atoms with E-state index < -0.39 is 20.6 Å². The number of phenols is 2. The average molecular weight is 494 g/mol. The fraction of sp³-hybridized carbons (Fsp3) is 0.0526. The highest BCUT2D eigenvalue weighted by Gasteiger charge is 2.52. The zero-order valence-electron chi connectivity index (χ0n) is 14.3. The van der Waals surface area contributed by atoms with Crippen molar-refractivity contribution in [2.24, 2.45) is 0 Å². The van der Waals surface area contributed by atoms with E-state index in [1.165, 1.54) is 42.5 Å². The molecule has 1 atom stereocenters. The standard InChI is InChI=1S/C19H12Cl4O5S/c20-13-2-1-3-14(21)18(13)19(29(26,27)28,10-4-6-11(24)7-5-10)12-8-15(22)16(23)9-17(12)25/h1-9,24-25H,(H,26,27,28). The van der Waals surface area contributed by atoms with E-state index in [0.29, 0.717) is 0 Å². The smallest absolute Gasteiger partial charge is 0.283 e. The Balaban J connectivity index is 2.63. The number of aromatic hydroxyl groups is 2. The van der Waals surface area contributed by atoms with Crippen molar-refractivity contribution in [3.05, 3.63) is 91.4 Å². The van der Waals surface area contributed by atoms with Gasteiger partial charge in [0.2, 0.25) is 0 Å². The minimum absolute atomic E-state index is 0.0342. The van der Waals surface area contributed by atoms with Gasteiger partial charge in [0.25, 0.3) is 10.1 Å². The minimum Gasteiger partial charge on any atom is -0.508 e. The first kappa shape index (κ1) is 22.0. The van der Waals surface area contributed by atoms with Crippen molar-refractivity contribution in [1.29, 1.82) is 0 Å². The van der Waals surface area contributed by atoms with Crippen LogP contribution in [0.5, 0.6) is 11.5 Å². The topological polar surface area (TPSA) is 94.8 Å². The maximum atomic E-state index is 13.0. The minimum atomic E-state index is -5.11. The lowest BCUT2D eigenvalue weighted by molar-refractivity contribution is 0.440. The van der Waals surface area contributed by atoms with E-state index in [1.807, 2.05) is 0 Å². The number of hydrogen-bond donors (Lipinski definition) is 3. The lowest BCUT2D eigenvalue weighted by atomic mass is 9.83. The van der Waals surface area contributed by atoms with Crippen LogP contribution in [0.3, 0.4) is 0 Å². The van der Waals surface area contributed by atoms with Gasteiger partial charge in [-0.05, 0) is 35.9 Å². The fourth-order valence-electron chi connectivity index (χ4n) is 3.20. The Labute approximate surface area is 186 Å². The van der Waals surface area contributed by atoms with Crippen molar-refractivity contribution in [3.8, 4) is 11.5 Å². The summed E-state index contributed by atoms with van der Waals surface area (Å²) in [5.41, 5.74) is -0.582. The maximum Gasteiger partial charge on any atom is 0.283 e. The summed E-state index contributed by atoms with van der Waals surface area (Å²) in [6.07, 6.45) is 0. The van der Waals surface area contributed by atoms with Crippen LogP contribution in [-0.2, 0) is 14.9 Å². The predicted octanol–water partition coefficient (Wildman–Crippen LogP) is 5.89. The van der Waals surface area contributed by atoms with Crippen LogP contribution in [0.1, 0.15) is 16.7 Å². The Morgan fingerprint density at radius 1 is 0.759 bits per heavy atom. The molecule has 0 saturated heterocycles. The second-order valence-electron chi connectivity index (χ2n) is 6.08. The second-order valence-corrected chi connectivity index (χ2v) is 9.27. The van der Waals surface area contributed by atoms with Gasteiger partial charge in [0.1, 0.15) is 11.5 Å². The van der Waals surface area contributed by atoms with Crippen LogP contribution in [0.15, 0.2) is 54.6 Å². The molecule has 0 amide bonds. The number of phenolic OH excluding ortho intramolecular Hbond substituents is 2. The molecule has 0 radical (unpaired) electrons. The summed E-state index contributed by atoms with van der Waals surface area (Å²) in [5.74, 6) is -0.720. The third-order valence-electron chi connectivity index (χ3n) is 4.39. The van der Waals surface area contributed by atoms with Crippen LogP contribution >= 0.6 is 46.4 Å². The fourth-order valence-corrected chi connectivity index (χ4v) is 5.67. The molecule has 0 saturated carbocycles. The van der Waals surface area contributed by atoms with E-state index in [2.05, 4.69) is 0 Å². The number of hydrogen-bond acceptors (Lipinski definition) is 4. The van der Waals surface area contributed by atoms with Crippen molar-refractivity contribution in [3.63, 3.8) is 0 Å². The quantitative estimate of drug-likeness (QED) is 0.311. The molecule has 152 valence electrons. The van der Waals surface area contributed by atoms with Crippen LogP contribution in [0.2, 0.25) is 20.1 Å². The predicted molar refractivity (Wildman–Crippen MR) is 114 cm³/mol. The molecule has 0 aromatic heterocycles. The van der Waals surface area contributed by atoms with Gasteiger partial charge in [-0.15, -0.1) is 0 Å². The van der Waals surface area contributed by atoms with Gasteiger partial charge in [-0.2, -0.15) is 8.42 Å². The maximum absolute atomic E-state index is 13.0. The molecule has 29 heavy (non-hydrogen) atoms. The summed E-state index contributed by atoms with van der Waals surface area (Å²) in [5, 5.41) is 20.0. The first-order valence-electron chi connectivity index (χ1n) is 7.89. The van der Waals surface area contributed by atoms with Crippen molar-refractivity contribution in [1.82, 2.24) is 0 Å². The van der Waals surface area contributed by atoms with Crippen molar-refractivity contribution >= 4 is 56.5 Å². The molecule has 0 aliphatic rings. The normalized spacial score (nSPS) is 13.8. The molecular formula is C19H12Cl4O5S. The van der Waals surface area contributed by atoms with Crippen molar-refractivity contribution in [2.75, 3.05) is 0 Å². The van der Waals surface area contributed by atoms with Crippen LogP contribution in [0.4, 0.5) is 0 Å². The lowest BCUT2D eigenvalue weighted by Crippen LogP contribution is -2.39. The highest BCUT2D eigenvalue weighted by molar-refractivity contribution is 7.87. The Morgan fingerprint density at radius 3 is 1.79 bits per heavy atom. The van der Waals surface area contributed by atoms with Gasteiger partial charge in [0, 0.05) is 27.2 Å². The molecule has 3 rings (SSSR count). The second kappa shape index (κ2) is 7.87. The van der Waals surface area contributed by atoms with Gasteiger partial charge in [-0.3, -0.25) is 4.55 Å². The zero-order valence-corrected chi connectivity index (χ0v) is 18.1. The third-order valence-corrected chi connectivity index (χ3v) is 7.18. The van der Waals surface area contributed by atoms with Crippen molar-refractivity contribution in [2.45, 2.75) is 4.75 Å². The Morgan fingerprint density at radius 2 is 1.28 bits per heavy atom. The van der Waals surface area contributed by atoms with Gasteiger partial charge in [0.15, 0.2) is 4.75 Å². The lowest BCUT2D eigenvalue weighted by Gasteiger charge is -2.34. The van der Waals surface area contributed by atoms with Crippen LogP contribution in [0.25, 0.3) is 0 Å². The molecule has 1 unspecified atom stereocenters. The average Bonchev–Trinajstić information content (AvgIpc) is 2.62. The molecule has 0 aliphatic carbocycles. The molecule has 3 N–H and O–H groups in total. The van der Waals surface area contributed by atoms with Crippen LogP contribution in [-0.4, -0.2) is 23.2 Å². The molecule has 0 heterocycles. The van der Waals surface area contributed by atoms with E-state index >= 15 is 0 Å². The Hall–Kier alpha value is -1.67. The van der Waals surface area contributed by atoms with Crippen LogP contribution < -0.4 is 0 Å². The summed E-state index contributed by atoms with van der Waals surface area (Å²) < 4.78 is 34.0. The molecule has 3 aromatic rings. The molecule has 5 nitrogen and oxygen atoms in total. The zero-order chi connectivity index (χ0) is 21.6. The molecular weight excluding hydrogens is 482 g/mol. The largest absolute Gasteiger partial charge is 0.508 e. The number of rotatable bonds is 4. The summed E-state index contributed by atoms with van der Waals surface area (Å²) in [6.45, 7) is 0. The number of halogens is 4. The number of benzene rings is 3. The molecule has 10 heteroatoms. The summed E-state index contributed by atoms with van der Waals surface area (Å²) in [7, 11) is -5.11. The van der Waals surface area contributed by atoms with Gasteiger partial charge in [-0.25, -0.2) is 0 Å². The monoisotopic (exact) mass is 492 g/mol. The van der Waals surface area contributed by atoms with E-state index in [-0.39, 0.29) is 42.5 Å². The molecule has 0 fully saturated rings. The SMILES string of the molecule is O=S(=O)(O)C(c1ccc(O)cc1)(c1cc(Cl)c(Cl)cc1O)c1c(Cl)cccc1Cl. The van der Waals surface area contributed by atoms with Gasteiger partial charge in [0.05, 0.1) is 10.0 Å². The Kier molecular flexibility index (Phi) is 5.98. The highest BCUT2D eigenvalue weighted by Crippen LogP contribution is 2.52. The molecule has 0 bridgehead atoms. The van der Waals surface area contributed by atoms with Crippen molar-refractivity contribution < 1.29 is 23.2 Å². The molecule has 0 spiro atoms. The highest BCUT2D eigenvalue weighted by atomic mass is 35.5.